The molecule has 14 heavy (non-hydrogen) atoms. The van der Waals surface area contributed by atoms with E-state index < -0.39 is 0 Å². The van der Waals surface area contributed by atoms with Gasteiger partial charge in [0.2, 0.25) is 0 Å². The van der Waals surface area contributed by atoms with Gasteiger partial charge in [-0.1, -0.05) is 0 Å². The lowest BCUT2D eigenvalue weighted by Crippen LogP contribution is -2.20. The first-order valence-electron chi connectivity index (χ1n) is 4.39. The van der Waals surface area contributed by atoms with Crippen molar-refractivity contribution in [3.05, 3.63) is 35.9 Å². The van der Waals surface area contributed by atoms with E-state index in [0.29, 0.717) is 5.69 Å². The number of fused-ring (bicyclic) bond motifs is 1. The van der Waals surface area contributed by atoms with Crippen molar-refractivity contribution in [1.82, 2.24) is 14.7 Å². The van der Waals surface area contributed by atoms with Crippen molar-refractivity contribution in [2.45, 2.75) is 6.92 Å². The van der Waals surface area contributed by atoms with E-state index in [1.807, 2.05) is 29.7 Å². The fraction of sp³-hybridized carbons (Fsp3) is 0.200. The molecule has 0 aliphatic carbocycles. The van der Waals surface area contributed by atoms with Crippen LogP contribution in [0.3, 0.4) is 0 Å². The Morgan fingerprint density at radius 3 is 3.00 bits per heavy atom. The molecule has 72 valence electrons. The summed E-state index contributed by atoms with van der Waals surface area (Å²) in [6.07, 6.45) is 3.47. The molecule has 0 unspecified atom stereocenters. The second-order valence-corrected chi connectivity index (χ2v) is 3.08. The molecule has 2 aromatic rings. The van der Waals surface area contributed by atoms with Gasteiger partial charge in [-0.3, -0.25) is 4.79 Å². The topological polar surface area (TPSA) is 46.4 Å². The monoisotopic (exact) mass is 189 g/mol. The van der Waals surface area contributed by atoms with E-state index in [0.717, 1.165) is 11.2 Å². The first kappa shape index (κ1) is 8.74. The third-order valence-electron chi connectivity index (χ3n) is 2.23. The van der Waals surface area contributed by atoms with E-state index >= 15 is 0 Å². The summed E-state index contributed by atoms with van der Waals surface area (Å²) in [5, 5.41) is 2.57. The minimum absolute atomic E-state index is 0.159. The second-order valence-electron chi connectivity index (χ2n) is 3.08. The molecule has 2 aromatic heterocycles. The van der Waals surface area contributed by atoms with Gasteiger partial charge in [-0.15, -0.1) is 0 Å². The minimum Gasteiger partial charge on any atom is -0.354 e. The molecule has 0 bridgehead atoms. The first-order valence-corrected chi connectivity index (χ1v) is 4.39. The molecule has 1 amide bonds. The fourth-order valence-corrected chi connectivity index (χ4v) is 1.48. The van der Waals surface area contributed by atoms with Gasteiger partial charge in [0.05, 0.1) is 5.52 Å². The highest BCUT2D eigenvalue weighted by molar-refractivity contribution is 5.98. The van der Waals surface area contributed by atoms with Crippen LogP contribution < -0.4 is 5.32 Å². The summed E-state index contributed by atoms with van der Waals surface area (Å²) >= 11 is 0. The number of hydrogen-bond acceptors (Lipinski definition) is 2. The van der Waals surface area contributed by atoms with Crippen LogP contribution in [0.5, 0.6) is 0 Å². The molecule has 4 heteroatoms. The SMILES string of the molecule is CNC(=O)c1nccn2c(C)ccc12. The maximum Gasteiger partial charge on any atom is 0.271 e. The highest BCUT2D eigenvalue weighted by Crippen LogP contribution is 2.11. The van der Waals surface area contributed by atoms with Gasteiger partial charge in [0.15, 0.2) is 5.69 Å². The number of hydrogen-bond donors (Lipinski definition) is 1. The average molecular weight is 189 g/mol. The van der Waals surface area contributed by atoms with Crippen molar-refractivity contribution in [2.75, 3.05) is 7.05 Å². The van der Waals surface area contributed by atoms with E-state index in [9.17, 15) is 4.79 Å². The van der Waals surface area contributed by atoms with Gasteiger partial charge in [0.1, 0.15) is 0 Å². The lowest BCUT2D eigenvalue weighted by molar-refractivity contribution is 0.0959. The molecular formula is C10H11N3O. The van der Waals surface area contributed by atoms with Crippen molar-refractivity contribution in [3.63, 3.8) is 0 Å². The van der Waals surface area contributed by atoms with Gasteiger partial charge in [-0.2, -0.15) is 0 Å². The van der Waals surface area contributed by atoms with Crippen LogP contribution in [0.15, 0.2) is 24.5 Å². The molecule has 4 nitrogen and oxygen atoms in total. The smallest absolute Gasteiger partial charge is 0.271 e. The molecule has 0 aromatic carbocycles. The largest absolute Gasteiger partial charge is 0.354 e. The lowest BCUT2D eigenvalue weighted by atomic mass is 10.3. The number of rotatable bonds is 1. The highest BCUT2D eigenvalue weighted by Gasteiger charge is 2.10. The van der Waals surface area contributed by atoms with E-state index in [4.69, 9.17) is 0 Å². The van der Waals surface area contributed by atoms with Crippen molar-refractivity contribution >= 4 is 11.4 Å². The summed E-state index contributed by atoms with van der Waals surface area (Å²) in [5.41, 5.74) is 2.39. The zero-order valence-corrected chi connectivity index (χ0v) is 8.11. The molecule has 0 saturated carbocycles. The lowest BCUT2D eigenvalue weighted by Gasteiger charge is -2.02. The molecule has 0 saturated heterocycles. The number of amides is 1. The maximum atomic E-state index is 11.4. The second kappa shape index (κ2) is 3.14. The zero-order chi connectivity index (χ0) is 10.1. The molecular weight excluding hydrogens is 178 g/mol. The zero-order valence-electron chi connectivity index (χ0n) is 8.11. The molecule has 0 spiro atoms. The standard InChI is InChI=1S/C10H11N3O/c1-7-3-4-8-9(10(14)11-2)12-5-6-13(7)8/h3-6H,1-2H3,(H,11,14). The van der Waals surface area contributed by atoms with E-state index in [2.05, 4.69) is 10.3 Å². The van der Waals surface area contributed by atoms with Crippen LogP contribution in [0.1, 0.15) is 16.2 Å². The van der Waals surface area contributed by atoms with Gasteiger partial charge < -0.3 is 9.72 Å². The van der Waals surface area contributed by atoms with Gasteiger partial charge >= 0.3 is 0 Å². The molecule has 0 fully saturated rings. The van der Waals surface area contributed by atoms with Crippen molar-refractivity contribution in [2.24, 2.45) is 0 Å². The predicted octanol–water partition coefficient (Wildman–Crippen LogP) is 1.00. The van der Waals surface area contributed by atoms with Crippen LogP contribution in [0.4, 0.5) is 0 Å². The minimum atomic E-state index is -0.159. The van der Waals surface area contributed by atoms with E-state index in [1.54, 1.807) is 13.2 Å². The van der Waals surface area contributed by atoms with Crippen LogP contribution >= 0.6 is 0 Å². The summed E-state index contributed by atoms with van der Waals surface area (Å²) in [5.74, 6) is -0.159. The Bertz CT molecular complexity index is 487. The van der Waals surface area contributed by atoms with Crippen molar-refractivity contribution in [3.8, 4) is 0 Å². The number of nitrogens with zero attached hydrogens (tertiary/aromatic N) is 2. The molecule has 2 heterocycles. The van der Waals surface area contributed by atoms with Crippen LogP contribution in [0.25, 0.3) is 5.52 Å². The van der Waals surface area contributed by atoms with Gasteiger partial charge in [-0.05, 0) is 19.1 Å². The van der Waals surface area contributed by atoms with E-state index in [-0.39, 0.29) is 5.91 Å². The molecule has 0 aliphatic heterocycles. The Balaban J connectivity index is 2.71. The maximum absolute atomic E-state index is 11.4. The molecule has 1 N–H and O–H groups in total. The van der Waals surface area contributed by atoms with Crippen LogP contribution in [-0.4, -0.2) is 22.3 Å². The Hall–Kier alpha value is -1.84. The summed E-state index contributed by atoms with van der Waals surface area (Å²) in [6.45, 7) is 1.99. The molecule has 0 aliphatic rings. The molecule has 2 rings (SSSR count). The van der Waals surface area contributed by atoms with E-state index in [1.165, 1.54) is 0 Å². The number of aryl methyl sites for hydroxylation is 1. The quantitative estimate of drug-likeness (QED) is 0.727. The van der Waals surface area contributed by atoms with Gasteiger partial charge in [-0.25, -0.2) is 4.98 Å². The van der Waals surface area contributed by atoms with Crippen LogP contribution in [0.2, 0.25) is 0 Å². The third-order valence-corrected chi connectivity index (χ3v) is 2.23. The molecule has 0 radical (unpaired) electrons. The Morgan fingerprint density at radius 2 is 2.29 bits per heavy atom. The number of carbonyl (C=O) groups is 1. The average Bonchev–Trinajstić information content (AvgIpc) is 2.59. The van der Waals surface area contributed by atoms with Crippen molar-refractivity contribution < 1.29 is 4.79 Å². The normalized spacial score (nSPS) is 10.4. The summed E-state index contributed by atoms with van der Waals surface area (Å²) < 4.78 is 1.94. The summed E-state index contributed by atoms with van der Waals surface area (Å²) in [6, 6.07) is 3.86. The Morgan fingerprint density at radius 1 is 1.50 bits per heavy atom. The summed E-state index contributed by atoms with van der Waals surface area (Å²) in [7, 11) is 1.60. The first-order chi connectivity index (χ1) is 6.74. The fourth-order valence-electron chi connectivity index (χ4n) is 1.48. The molecule has 0 atom stereocenters. The van der Waals surface area contributed by atoms with Gasteiger partial charge in [0.25, 0.3) is 5.91 Å². The Labute approximate surface area is 81.6 Å². The highest BCUT2D eigenvalue weighted by atomic mass is 16.1. The van der Waals surface area contributed by atoms with Gasteiger partial charge in [0, 0.05) is 25.1 Å². The summed E-state index contributed by atoms with van der Waals surface area (Å²) in [4.78, 5) is 15.5. The van der Waals surface area contributed by atoms with Crippen LogP contribution in [0, 0.1) is 6.92 Å². The number of aromatic nitrogens is 2. The number of nitrogens with one attached hydrogen (secondary N) is 1. The number of carbonyl (C=O) groups excluding carboxylic acids is 1. The Kier molecular flexibility index (Phi) is 1.96. The van der Waals surface area contributed by atoms with Crippen LogP contribution in [-0.2, 0) is 0 Å². The van der Waals surface area contributed by atoms with Crippen molar-refractivity contribution in [1.29, 1.82) is 0 Å². The third kappa shape index (κ3) is 1.16. The predicted molar refractivity (Wildman–Crippen MR) is 53.3 cm³/mol.